The third kappa shape index (κ3) is 3.78. The zero-order valence-corrected chi connectivity index (χ0v) is 13.3. The molecule has 0 amide bonds. The molecule has 1 aliphatic carbocycles. The number of ether oxygens (including phenoxy) is 1. The summed E-state index contributed by atoms with van der Waals surface area (Å²) in [6, 6.07) is 3.74. The Labute approximate surface area is 146 Å². The van der Waals surface area contributed by atoms with Crippen molar-refractivity contribution < 1.29 is 50.1 Å². The molecule has 0 radical (unpaired) electrons. The minimum atomic E-state index is -2.80. The average Bonchev–Trinajstić information content (AvgIpc) is 2.58. The number of hydrogen-bond acceptors (Lipinski definition) is 9. The Morgan fingerprint density at radius 2 is 1.77 bits per heavy atom. The Bertz CT molecular complexity index is 730. The normalized spacial score (nSPS) is 31.7. The van der Waals surface area contributed by atoms with Gasteiger partial charge in [0, 0.05) is 12.5 Å². The Morgan fingerprint density at radius 3 is 2.35 bits per heavy atom. The van der Waals surface area contributed by atoms with Crippen LogP contribution in [0.5, 0.6) is 11.5 Å². The van der Waals surface area contributed by atoms with Crippen LogP contribution in [0.4, 0.5) is 0 Å². The molecule has 10 nitrogen and oxygen atoms in total. The number of hydrogen-bond donors (Lipinski definition) is 7. The Balaban J connectivity index is 2.10. The van der Waals surface area contributed by atoms with Gasteiger partial charge in [0.25, 0.3) is 0 Å². The molecule has 142 valence electrons. The molecule has 0 spiro atoms. The summed E-state index contributed by atoms with van der Waals surface area (Å²) in [7, 11) is 0. The number of aliphatic hydroxyl groups is 4. The lowest BCUT2D eigenvalue weighted by Gasteiger charge is -2.42. The minimum absolute atomic E-state index is 0.332. The topological polar surface area (TPSA) is 185 Å². The van der Waals surface area contributed by atoms with Crippen LogP contribution in [-0.4, -0.2) is 77.7 Å². The van der Waals surface area contributed by atoms with E-state index in [2.05, 4.69) is 0 Å². The summed E-state index contributed by atoms with van der Waals surface area (Å²) in [6.07, 6.45) is -6.32. The first-order valence-electron chi connectivity index (χ1n) is 7.47. The average molecular weight is 370 g/mol. The van der Waals surface area contributed by atoms with Crippen molar-refractivity contribution in [3.63, 3.8) is 0 Å². The van der Waals surface area contributed by atoms with Crippen molar-refractivity contribution in [1.82, 2.24) is 0 Å². The lowest BCUT2D eigenvalue weighted by Crippen LogP contribution is -2.66. The molecule has 0 heterocycles. The van der Waals surface area contributed by atoms with Gasteiger partial charge in [-0.2, -0.15) is 0 Å². The first kappa shape index (κ1) is 19.7. The van der Waals surface area contributed by atoms with Gasteiger partial charge >= 0.3 is 11.9 Å². The fourth-order valence-electron chi connectivity index (χ4n) is 2.56. The van der Waals surface area contributed by atoms with Crippen molar-refractivity contribution >= 4 is 18.0 Å². The number of carbonyl (C=O) groups excluding carboxylic acids is 1. The van der Waals surface area contributed by atoms with Gasteiger partial charge in [0.1, 0.15) is 24.4 Å². The molecule has 7 N–H and O–H groups in total. The molecule has 1 aliphatic rings. The lowest BCUT2D eigenvalue weighted by molar-refractivity contribution is -0.231. The highest BCUT2D eigenvalue weighted by Crippen LogP contribution is 2.32. The zero-order chi connectivity index (χ0) is 19.6. The molecule has 10 heteroatoms. The summed E-state index contributed by atoms with van der Waals surface area (Å²) in [4.78, 5) is 23.0. The molecule has 0 bridgehead atoms. The highest BCUT2D eigenvalue weighted by Gasteiger charge is 2.57. The molecule has 5 atom stereocenters. The number of benzene rings is 1. The van der Waals surface area contributed by atoms with E-state index in [1.54, 1.807) is 0 Å². The van der Waals surface area contributed by atoms with E-state index >= 15 is 0 Å². The van der Waals surface area contributed by atoms with Crippen LogP contribution in [0.25, 0.3) is 6.08 Å². The summed E-state index contributed by atoms with van der Waals surface area (Å²) in [5, 5.41) is 66.7. The summed E-state index contributed by atoms with van der Waals surface area (Å²) in [5.74, 6) is -3.63. The first-order valence-corrected chi connectivity index (χ1v) is 7.47. The van der Waals surface area contributed by atoms with Crippen LogP contribution in [0, 0.1) is 0 Å². The van der Waals surface area contributed by atoms with Crippen LogP contribution in [0.15, 0.2) is 24.3 Å². The van der Waals surface area contributed by atoms with E-state index in [1.165, 1.54) is 18.2 Å². The van der Waals surface area contributed by atoms with Crippen LogP contribution in [0.1, 0.15) is 12.0 Å². The van der Waals surface area contributed by atoms with Crippen LogP contribution < -0.4 is 0 Å². The van der Waals surface area contributed by atoms with Gasteiger partial charge in [-0.15, -0.1) is 0 Å². The molecule has 0 aromatic heterocycles. The molecular weight excluding hydrogens is 352 g/mol. The molecular formula is C16H18O10. The van der Waals surface area contributed by atoms with Gasteiger partial charge in [0.15, 0.2) is 17.1 Å². The summed E-state index contributed by atoms with van der Waals surface area (Å²) >= 11 is 0. The van der Waals surface area contributed by atoms with E-state index in [0.29, 0.717) is 5.56 Å². The number of carbonyl (C=O) groups is 2. The van der Waals surface area contributed by atoms with Crippen molar-refractivity contribution in [2.45, 2.75) is 36.4 Å². The maximum absolute atomic E-state index is 11.8. The third-order valence-electron chi connectivity index (χ3n) is 4.11. The third-order valence-corrected chi connectivity index (χ3v) is 4.11. The highest BCUT2D eigenvalue weighted by atomic mass is 16.6. The second kappa shape index (κ2) is 7.30. The summed E-state index contributed by atoms with van der Waals surface area (Å²) < 4.78 is 4.86. The van der Waals surface area contributed by atoms with Crippen LogP contribution in [-0.2, 0) is 14.3 Å². The minimum Gasteiger partial charge on any atom is -0.504 e. The van der Waals surface area contributed by atoms with Crippen molar-refractivity contribution in [2.24, 2.45) is 0 Å². The van der Waals surface area contributed by atoms with Gasteiger partial charge in [0.2, 0.25) is 0 Å². The standard InChI is InChI=1S/C16H18O10/c17-8-3-1-7(5-9(8)18)2-4-11(19)26-10-6-16(25,15(23)24)14(22)13(21)12(10)20/h1-5,10,12-14,17-18,20-22,25H,6H2,(H,23,24)/b4-2+/t10-,12+,13+,14-,16+/m1/s1. The SMILES string of the molecule is O=C(/C=C/c1ccc(O)c(O)c1)O[C@@H]1C[C@@](O)(C(=O)O)[C@H](O)[C@@H](O)[C@H]1O. The van der Waals surface area contributed by atoms with Crippen molar-refractivity contribution in [2.75, 3.05) is 0 Å². The van der Waals surface area contributed by atoms with Gasteiger partial charge in [-0.25, -0.2) is 9.59 Å². The smallest absolute Gasteiger partial charge is 0.338 e. The van der Waals surface area contributed by atoms with E-state index in [4.69, 9.17) is 9.84 Å². The zero-order valence-electron chi connectivity index (χ0n) is 13.3. The molecule has 1 aromatic rings. The van der Waals surface area contributed by atoms with Crippen molar-refractivity contribution in [3.8, 4) is 11.5 Å². The van der Waals surface area contributed by atoms with Crippen LogP contribution in [0.3, 0.4) is 0 Å². The number of phenols is 2. The lowest BCUT2D eigenvalue weighted by atomic mass is 9.77. The second-order valence-electron chi connectivity index (χ2n) is 5.92. The highest BCUT2D eigenvalue weighted by molar-refractivity contribution is 5.87. The quantitative estimate of drug-likeness (QED) is 0.183. The monoisotopic (exact) mass is 370 g/mol. The van der Waals surface area contributed by atoms with Gasteiger partial charge in [0.05, 0.1) is 0 Å². The maximum atomic E-state index is 11.8. The van der Waals surface area contributed by atoms with E-state index < -0.39 is 54.1 Å². The fourth-order valence-corrected chi connectivity index (χ4v) is 2.56. The number of carboxylic acid groups (broad SMARTS) is 1. The largest absolute Gasteiger partial charge is 0.504 e. The van der Waals surface area contributed by atoms with Crippen LogP contribution in [0.2, 0.25) is 0 Å². The predicted octanol–water partition coefficient (Wildman–Crippen LogP) is -1.68. The molecule has 26 heavy (non-hydrogen) atoms. The summed E-state index contributed by atoms with van der Waals surface area (Å²) in [6.45, 7) is 0. The first-order chi connectivity index (χ1) is 12.1. The number of rotatable bonds is 4. The van der Waals surface area contributed by atoms with Gasteiger partial charge in [-0.05, 0) is 23.8 Å². The van der Waals surface area contributed by atoms with Gasteiger partial charge in [-0.3, -0.25) is 0 Å². The Morgan fingerprint density at radius 1 is 1.12 bits per heavy atom. The molecule has 2 rings (SSSR count). The number of carboxylic acids is 1. The van der Waals surface area contributed by atoms with Crippen molar-refractivity contribution in [1.29, 1.82) is 0 Å². The number of aliphatic carboxylic acids is 1. The number of esters is 1. The predicted molar refractivity (Wildman–Crippen MR) is 83.9 cm³/mol. The van der Waals surface area contributed by atoms with Gasteiger partial charge < -0.3 is 40.5 Å². The van der Waals surface area contributed by atoms with Gasteiger partial charge in [-0.1, -0.05) is 6.07 Å². The van der Waals surface area contributed by atoms with E-state index in [0.717, 1.165) is 12.1 Å². The maximum Gasteiger partial charge on any atom is 0.338 e. The Hall–Kier alpha value is -2.66. The molecule has 0 aliphatic heterocycles. The second-order valence-corrected chi connectivity index (χ2v) is 5.92. The van der Waals surface area contributed by atoms with Crippen molar-refractivity contribution in [3.05, 3.63) is 29.8 Å². The summed E-state index contributed by atoms with van der Waals surface area (Å²) in [5.41, 5.74) is -2.46. The number of phenolic OH excluding ortho intramolecular Hbond substituents is 2. The Kier molecular flexibility index (Phi) is 5.52. The molecule has 0 unspecified atom stereocenters. The molecule has 0 saturated heterocycles. The van der Waals surface area contributed by atoms with E-state index in [-0.39, 0.29) is 5.75 Å². The number of aromatic hydroxyl groups is 2. The fraction of sp³-hybridized carbons (Fsp3) is 0.375. The van der Waals surface area contributed by atoms with E-state index in [1.807, 2.05) is 0 Å². The molecule has 1 saturated carbocycles. The van der Waals surface area contributed by atoms with E-state index in [9.17, 15) is 40.2 Å². The van der Waals surface area contributed by atoms with Crippen LogP contribution >= 0.6 is 0 Å². The number of aliphatic hydroxyl groups excluding tert-OH is 3. The molecule has 1 fully saturated rings. The molecule has 1 aromatic carbocycles.